The lowest BCUT2D eigenvalue weighted by atomic mass is 10.3. The molecule has 1 aromatic carbocycles. The van der Waals surface area contributed by atoms with Crippen LogP contribution in [0.1, 0.15) is 0 Å². The summed E-state index contributed by atoms with van der Waals surface area (Å²) in [5, 5.41) is 2.90. The normalized spacial score (nSPS) is 10.1. The monoisotopic (exact) mass is 204 g/mol. The second-order valence-electron chi connectivity index (χ2n) is 2.46. The van der Waals surface area contributed by atoms with Crippen LogP contribution in [0.4, 0.5) is 14.5 Å². The Labute approximate surface area is 80.9 Å². The third-order valence-electron chi connectivity index (χ3n) is 1.49. The number of hydrogen-bond acceptors (Lipinski definition) is 3. The molecule has 0 fully saturated rings. The Kier molecular flexibility index (Phi) is 3.98. The van der Waals surface area contributed by atoms with Crippen molar-refractivity contribution in [2.45, 2.75) is 0 Å². The number of hydrogen-bond donors (Lipinski definition) is 3. The molecule has 0 spiro atoms. The fraction of sp³-hybridized carbons (Fsp3) is 0.250. The molecule has 0 bridgehead atoms. The van der Waals surface area contributed by atoms with E-state index in [0.717, 1.165) is 12.1 Å². The van der Waals surface area contributed by atoms with Gasteiger partial charge in [0.2, 0.25) is 0 Å². The number of rotatable bonds is 4. The van der Waals surface area contributed by atoms with Crippen molar-refractivity contribution in [3.8, 4) is 0 Å². The summed E-state index contributed by atoms with van der Waals surface area (Å²) < 4.78 is 27.7. The SMILES string of the molecule is Fc1ccc(NCCNS)cc1F. The predicted molar refractivity (Wildman–Crippen MR) is 51.8 cm³/mol. The van der Waals surface area contributed by atoms with E-state index < -0.39 is 11.6 Å². The Morgan fingerprint density at radius 1 is 1.15 bits per heavy atom. The highest BCUT2D eigenvalue weighted by molar-refractivity contribution is 7.78. The molecule has 5 heteroatoms. The van der Waals surface area contributed by atoms with Crippen molar-refractivity contribution in [1.82, 2.24) is 4.72 Å². The summed E-state index contributed by atoms with van der Waals surface area (Å²) >= 11 is 3.78. The van der Waals surface area contributed by atoms with Crippen LogP contribution in [0, 0.1) is 11.6 Å². The lowest BCUT2D eigenvalue weighted by molar-refractivity contribution is 0.509. The molecule has 0 amide bonds. The summed E-state index contributed by atoms with van der Waals surface area (Å²) in [4.78, 5) is 0. The van der Waals surface area contributed by atoms with Crippen molar-refractivity contribution in [2.75, 3.05) is 18.4 Å². The van der Waals surface area contributed by atoms with Gasteiger partial charge >= 0.3 is 0 Å². The Morgan fingerprint density at radius 3 is 2.54 bits per heavy atom. The van der Waals surface area contributed by atoms with Crippen molar-refractivity contribution >= 4 is 18.5 Å². The Bertz CT molecular complexity index is 281. The first-order valence-corrected chi connectivity index (χ1v) is 4.24. The van der Waals surface area contributed by atoms with Crippen LogP contribution < -0.4 is 10.0 Å². The molecular weight excluding hydrogens is 194 g/mol. The molecule has 0 aliphatic carbocycles. The van der Waals surface area contributed by atoms with E-state index in [2.05, 4.69) is 22.9 Å². The highest BCUT2D eigenvalue weighted by atomic mass is 32.1. The molecule has 0 unspecified atom stereocenters. The summed E-state index contributed by atoms with van der Waals surface area (Å²) in [6.07, 6.45) is 0. The van der Waals surface area contributed by atoms with E-state index in [0.29, 0.717) is 18.8 Å². The maximum absolute atomic E-state index is 12.6. The van der Waals surface area contributed by atoms with E-state index in [9.17, 15) is 8.78 Å². The minimum Gasteiger partial charge on any atom is -0.384 e. The van der Waals surface area contributed by atoms with Crippen LogP contribution in [0.15, 0.2) is 18.2 Å². The standard InChI is InChI=1S/C8H10F2N2S/c9-7-2-1-6(5-8(7)10)11-3-4-12-13/h1-2,5,11-13H,3-4H2. The van der Waals surface area contributed by atoms with Gasteiger partial charge < -0.3 is 5.32 Å². The molecule has 0 aliphatic rings. The van der Waals surface area contributed by atoms with Crippen LogP contribution in [-0.4, -0.2) is 13.1 Å². The maximum atomic E-state index is 12.6. The summed E-state index contributed by atoms with van der Waals surface area (Å²) in [5.74, 6) is -1.68. The van der Waals surface area contributed by atoms with Gasteiger partial charge in [0.25, 0.3) is 0 Å². The number of nitrogens with one attached hydrogen (secondary N) is 2. The first-order valence-electron chi connectivity index (χ1n) is 3.80. The molecular formula is C8H10F2N2S. The molecule has 0 saturated heterocycles. The second-order valence-corrected chi connectivity index (χ2v) is 2.78. The second kappa shape index (κ2) is 5.04. The third kappa shape index (κ3) is 3.20. The highest BCUT2D eigenvalue weighted by Gasteiger charge is 2.00. The number of benzene rings is 1. The Hall–Kier alpha value is -0.810. The topological polar surface area (TPSA) is 24.1 Å². The summed E-state index contributed by atoms with van der Waals surface area (Å²) in [6.45, 7) is 1.25. The van der Waals surface area contributed by atoms with Gasteiger partial charge in [0.05, 0.1) is 0 Å². The zero-order valence-electron chi connectivity index (χ0n) is 6.85. The fourth-order valence-corrected chi connectivity index (χ4v) is 0.981. The smallest absolute Gasteiger partial charge is 0.160 e. The average Bonchev–Trinajstić information content (AvgIpc) is 2.12. The van der Waals surface area contributed by atoms with E-state index in [1.807, 2.05) is 0 Å². The maximum Gasteiger partial charge on any atom is 0.160 e. The van der Waals surface area contributed by atoms with Crippen molar-refractivity contribution < 1.29 is 8.78 Å². The third-order valence-corrected chi connectivity index (χ3v) is 1.71. The van der Waals surface area contributed by atoms with Gasteiger partial charge in [0.1, 0.15) is 0 Å². The van der Waals surface area contributed by atoms with E-state index in [1.165, 1.54) is 6.07 Å². The molecule has 1 rings (SSSR count). The van der Waals surface area contributed by atoms with E-state index in [1.54, 1.807) is 0 Å². The molecule has 0 heterocycles. The quantitative estimate of drug-likeness (QED) is 0.514. The van der Waals surface area contributed by atoms with Gasteiger partial charge in [-0.1, -0.05) is 12.8 Å². The van der Waals surface area contributed by atoms with Crippen molar-refractivity contribution in [2.24, 2.45) is 0 Å². The van der Waals surface area contributed by atoms with Gasteiger partial charge in [0, 0.05) is 18.8 Å². The molecule has 2 nitrogen and oxygen atoms in total. The molecule has 0 aromatic heterocycles. The summed E-state index contributed by atoms with van der Waals surface area (Å²) in [5.41, 5.74) is 0.558. The molecule has 0 atom stereocenters. The molecule has 0 aliphatic heterocycles. The predicted octanol–water partition coefficient (Wildman–Crippen LogP) is 1.81. The van der Waals surface area contributed by atoms with Gasteiger partial charge in [-0.25, -0.2) is 8.78 Å². The number of thiol groups is 1. The van der Waals surface area contributed by atoms with Crippen LogP contribution >= 0.6 is 12.8 Å². The minimum absolute atomic E-state index is 0.558. The lowest BCUT2D eigenvalue weighted by Crippen LogP contribution is -2.14. The van der Waals surface area contributed by atoms with Crippen LogP contribution in [-0.2, 0) is 0 Å². The van der Waals surface area contributed by atoms with Gasteiger partial charge in [-0.3, -0.25) is 4.72 Å². The number of halogens is 2. The molecule has 13 heavy (non-hydrogen) atoms. The van der Waals surface area contributed by atoms with Crippen LogP contribution in [0.2, 0.25) is 0 Å². The van der Waals surface area contributed by atoms with Gasteiger partial charge in [-0.2, -0.15) is 0 Å². The molecule has 0 saturated carbocycles. The molecule has 0 radical (unpaired) electrons. The zero-order valence-corrected chi connectivity index (χ0v) is 7.74. The largest absolute Gasteiger partial charge is 0.384 e. The first-order chi connectivity index (χ1) is 6.24. The number of anilines is 1. The molecule has 72 valence electrons. The molecule has 2 N–H and O–H groups in total. The van der Waals surface area contributed by atoms with Gasteiger partial charge in [-0.15, -0.1) is 0 Å². The van der Waals surface area contributed by atoms with Crippen molar-refractivity contribution in [3.05, 3.63) is 29.8 Å². The van der Waals surface area contributed by atoms with Crippen LogP contribution in [0.25, 0.3) is 0 Å². The summed E-state index contributed by atoms with van der Waals surface area (Å²) in [7, 11) is 0. The Morgan fingerprint density at radius 2 is 1.92 bits per heavy atom. The van der Waals surface area contributed by atoms with E-state index in [4.69, 9.17) is 0 Å². The lowest BCUT2D eigenvalue weighted by Gasteiger charge is -2.05. The molecule has 1 aromatic rings. The summed E-state index contributed by atoms with van der Waals surface area (Å²) in [6, 6.07) is 3.69. The Balaban J connectivity index is 2.53. The van der Waals surface area contributed by atoms with Crippen LogP contribution in [0.3, 0.4) is 0 Å². The van der Waals surface area contributed by atoms with Gasteiger partial charge in [0.15, 0.2) is 11.6 Å². The van der Waals surface area contributed by atoms with Crippen LogP contribution in [0.5, 0.6) is 0 Å². The average molecular weight is 204 g/mol. The van der Waals surface area contributed by atoms with E-state index in [-0.39, 0.29) is 0 Å². The minimum atomic E-state index is -0.844. The van der Waals surface area contributed by atoms with Crippen molar-refractivity contribution in [1.29, 1.82) is 0 Å². The van der Waals surface area contributed by atoms with Gasteiger partial charge in [-0.05, 0) is 18.2 Å². The zero-order chi connectivity index (χ0) is 9.68. The van der Waals surface area contributed by atoms with E-state index >= 15 is 0 Å². The fourth-order valence-electron chi connectivity index (χ4n) is 0.869. The highest BCUT2D eigenvalue weighted by Crippen LogP contribution is 2.12. The van der Waals surface area contributed by atoms with Crippen molar-refractivity contribution in [3.63, 3.8) is 0 Å². The first kappa shape index (κ1) is 10.3.